The molecule has 1 heterocycles. The van der Waals surface area contributed by atoms with E-state index in [0.29, 0.717) is 5.92 Å². The summed E-state index contributed by atoms with van der Waals surface area (Å²) < 4.78 is 0. The zero-order valence-electron chi connectivity index (χ0n) is 19.2. The summed E-state index contributed by atoms with van der Waals surface area (Å²) in [6.07, 6.45) is 11.0. The number of H-pyrrole nitrogens is 1. The highest BCUT2D eigenvalue weighted by Gasteiger charge is 2.25. The molecule has 6 nitrogen and oxygen atoms in total. The molecule has 1 atom stereocenters. The molecule has 0 saturated heterocycles. The third kappa shape index (κ3) is 5.28. The van der Waals surface area contributed by atoms with Crippen LogP contribution in [0.4, 0.5) is 11.4 Å². The standard InChI is InChI=1S/C27H34N4O2/c32-26(19-7-3-1-4-8-19)28-21-13-11-18(12-14-21)25-30-23-16-15-22(17-24(23)31-25)29-27(33)20-9-5-2-6-10-20/h11-17,19-20,27,29,33H,1-10H2,(H,28,32)(H,30,31)/p+1. The van der Waals surface area contributed by atoms with Gasteiger partial charge in [-0.2, -0.15) is 0 Å². The van der Waals surface area contributed by atoms with Crippen LogP contribution >= 0.6 is 0 Å². The second-order valence-corrected chi connectivity index (χ2v) is 9.81. The molecule has 0 aliphatic heterocycles. The molecule has 2 saturated carbocycles. The number of nitrogens with two attached hydrogens (primary N) is 1. The smallest absolute Gasteiger partial charge is 0.318 e. The molecule has 6 heteroatoms. The van der Waals surface area contributed by atoms with Crippen LogP contribution in [0.5, 0.6) is 0 Å². The summed E-state index contributed by atoms with van der Waals surface area (Å²) in [5, 5.41) is 15.7. The lowest BCUT2D eigenvalue weighted by Crippen LogP contribution is -2.84. The number of primary amides is 1. The Bertz CT molecular complexity index is 1080. The van der Waals surface area contributed by atoms with Gasteiger partial charge in [0.05, 0.1) is 17.0 Å². The molecule has 0 bridgehead atoms. The van der Waals surface area contributed by atoms with Crippen molar-refractivity contribution >= 4 is 28.3 Å². The van der Waals surface area contributed by atoms with Crippen LogP contribution in [0.15, 0.2) is 42.5 Å². The van der Waals surface area contributed by atoms with Gasteiger partial charge in [-0.15, -0.1) is 0 Å². The van der Waals surface area contributed by atoms with Crippen molar-refractivity contribution < 1.29 is 15.2 Å². The number of carbonyl (C=O) groups excluding carboxylic acids is 1. The van der Waals surface area contributed by atoms with Crippen molar-refractivity contribution in [3.63, 3.8) is 0 Å². The first-order valence-corrected chi connectivity index (χ1v) is 12.6. The first kappa shape index (κ1) is 22.1. The number of aliphatic hydroxyl groups excluding tert-OH is 1. The van der Waals surface area contributed by atoms with E-state index in [2.05, 4.69) is 10.3 Å². The Morgan fingerprint density at radius 1 is 0.970 bits per heavy atom. The number of rotatable bonds is 6. The van der Waals surface area contributed by atoms with Crippen molar-refractivity contribution in [1.82, 2.24) is 9.97 Å². The van der Waals surface area contributed by atoms with Crippen molar-refractivity contribution in [3.05, 3.63) is 42.5 Å². The Balaban J connectivity index is 1.25. The molecule has 2 fully saturated rings. The van der Waals surface area contributed by atoms with Crippen molar-refractivity contribution in [1.29, 1.82) is 0 Å². The second-order valence-electron chi connectivity index (χ2n) is 9.81. The highest BCUT2D eigenvalue weighted by Crippen LogP contribution is 2.29. The maximum atomic E-state index is 12.6. The maximum absolute atomic E-state index is 12.6. The highest BCUT2D eigenvalue weighted by molar-refractivity contribution is 5.83. The van der Waals surface area contributed by atoms with Crippen molar-refractivity contribution in [2.24, 2.45) is 11.8 Å². The normalized spacial score (nSPS) is 18.9. The molecular formula is C27H35N4O2+. The fourth-order valence-electron chi connectivity index (χ4n) is 5.38. The number of nitrogens with zero attached hydrogens (tertiary/aromatic N) is 1. The number of anilines is 1. The van der Waals surface area contributed by atoms with Crippen molar-refractivity contribution in [2.75, 3.05) is 5.32 Å². The van der Waals surface area contributed by atoms with Gasteiger partial charge in [0.25, 0.3) is 0 Å². The van der Waals surface area contributed by atoms with Gasteiger partial charge in [0, 0.05) is 29.3 Å². The van der Waals surface area contributed by atoms with E-state index in [0.717, 1.165) is 59.5 Å². The molecule has 0 radical (unpaired) electrons. The summed E-state index contributed by atoms with van der Waals surface area (Å²) in [7, 11) is 0. The third-order valence-corrected chi connectivity index (χ3v) is 7.39. The number of quaternary nitrogens is 1. The number of amides is 1. The number of hydrogen-bond donors (Lipinski definition) is 4. The molecule has 5 rings (SSSR count). The number of hydrogen-bond acceptors (Lipinski definition) is 4. The molecule has 174 valence electrons. The molecule has 2 aliphatic rings. The van der Waals surface area contributed by atoms with E-state index in [4.69, 9.17) is 4.98 Å². The van der Waals surface area contributed by atoms with Crippen LogP contribution in [0.2, 0.25) is 0 Å². The molecule has 1 unspecified atom stereocenters. The van der Waals surface area contributed by atoms with Crippen LogP contribution in [0, 0.1) is 11.8 Å². The minimum atomic E-state index is -0.509. The number of imidazole rings is 1. The molecule has 3 aromatic rings. The fourth-order valence-corrected chi connectivity index (χ4v) is 5.38. The second kappa shape index (κ2) is 10.1. The lowest BCUT2D eigenvalue weighted by Gasteiger charge is -2.27. The van der Waals surface area contributed by atoms with Gasteiger partial charge in [0.15, 0.2) is 0 Å². The molecule has 2 aliphatic carbocycles. The average Bonchev–Trinajstić information content (AvgIpc) is 3.29. The summed E-state index contributed by atoms with van der Waals surface area (Å²) in [6, 6.07) is 14.0. The van der Waals surface area contributed by atoms with Crippen molar-refractivity contribution in [3.8, 4) is 11.4 Å². The summed E-state index contributed by atoms with van der Waals surface area (Å²) >= 11 is 0. The number of benzene rings is 2. The molecule has 0 spiro atoms. The molecule has 1 aromatic heterocycles. The van der Waals surface area contributed by atoms with Crippen LogP contribution in [-0.4, -0.2) is 27.2 Å². The Kier molecular flexibility index (Phi) is 6.74. The lowest BCUT2D eigenvalue weighted by atomic mass is 9.88. The summed E-state index contributed by atoms with van der Waals surface area (Å²) in [5.41, 5.74) is 4.68. The topological polar surface area (TPSA) is 94.6 Å². The van der Waals surface area contributed by atoms with E-state index in [1.165, 1.54) is 38.5 Å². The number of carbonyl (C=O) groups is 1. The quantitative estimate of drug-likeness (QED) is 0.321. The van der Waals surface area contributed by atoms with Gasteiger partial charge in [-0.05, 0) is 56.0 Å². The van der Waals surface area contributed by atoms with Gasteiger partial charge in [0.2, 0.25) is 0 Å². The van der Waals surface area contributed by atoms with E-state index >= 15 is 0 Å². The minimum Gasteiger partial charge on any atom is -0.374 e. The monoisotopic (exact) mass is 447 g/mol. The maximum Gasteiger partial charge on any atom is 0.318 e. The number of nitrogens with one attached hydrogen (secondary N) is 2. The fraction of sp³-hybridized carbons (Fsp3) is 0.481. The van der Waals surface area contributed by atoms with Gasteiger partial charge < -0.3 is 15.4 Å². The van der Waals surface area contributed by atoms with E-state index in [9.17, 15) is 9.90 Å². The number of aliphatic hydroxyl groups is 1. The SMILES string of the molecule is O=C([NH2+]c1ccc(-c2nc3ccc(NC(O)C4CCCCC4)cc3[nH]2)cc1)C1CCCCC1. The molecular weight excluding hydrogens is 412 g/mol. The lowest BCUT2D eigenvalue weighted by molar-refractivity contribution is -0.488. The Labute approximate surface area is 195 Å². The zero-order chi connectivity index (χ0) is 22.6. The Morgan fingerprint density at radius 3 is 2.39 bits per heavy atom. The van der Waals surface area contributed by atoms with E-state index < -0.39 is 6.23 Å². The summed E-state index contributed by atoms with van der Waals surface area (Å²) in [4.78, 5) is 20.7. The van der Waals surface area contributed by atoms with Gasteiger partial charge in [-0.3, -0.25) is 5.32 Å². The van der Waals surface area contributed by atoms with Crippen LogP contribution < -0.4 is 10.6 Å². The zero-order valence-corrected chi connectivity index (χ0v) is 19.2. The third-order valence-electron chi connectivity index (χ3n) is 7.39. The number of aromatic amines is 1. The predicted octanol–water partition coefficient (Wildman–Crippen LogP) is 4.84. The van der Waals surface area contributed by atoms with Crippen LogP contribution in [-0.2, 0) is 4.79 Å². The minimum absolute atomic E-state index is 0.202. The number of aromatic nitrogens is 2. The Morgan fingerprint density at radius 2 is 1.67 bits per heavy atom. The van der Waals surface area contributed by atoms with Gasteiger partial charge in [-0.1, -0.05) is 38.5 Å². The van der Waals surface area contributed by atoms with E-state index in [1.54, 1.807) is 5.32 Å². The van der Waals surface area contributed by atoms with Gasteiger partial charge >= 0.3 is 5.91 Å². The average molecular weight is 448 g/mol. The van der Waals surface area contributed by atoms with Gasteiger partial charge in [0.1, 0.15) is 17.7 Å². The molecule has 1 amide bonds. The molecule has 5 N–H and O–H groups in total. The van der Waals surface area contributed by atoms with Crippen LogP contribution in [0.1, 0.15) is 64.2 Å². The van der Waals surface area contributed by atoms with Crippen molar-refractivity contribution in [2.45, 2.75) is 70.4 Å². The Hall–Kier alpha value is -2.70. The first-order chi connectivity index (χ1) is 16.2. The van der Waals surface area contributed by atoms with Crippen LogP contribution in [0.3, 0.4) is 0 Å². The van der Waals surface area contributed by atoms with Gasteiger partial charge in [-0.25, -0.2) is 9.78 Å². The van der Waals surface area contributed by atoms with Crippen LogP contribution in [0.25, 0.3) is 22.4 Å². The summed E-state index contributed by atoms with van der Waals surface area (Å²) in [5.74, 6) is 1.60. The predicted molar refractivity (Wildman–Crippen MR) is 131 cm³/mol. The molecule has 33 heavy (non-hydrogen) atoms. The highest BCUT2D eigenvalue weighted by atomic mass is 16.3. The first-order valence-electron chi connectivity index (χ1n) is 12.6. The summed E-state index contributed by atoms with van der Waals surface area (Å²) in [6.45, 7) is 0. The number of fused-ring (bicyclic) bond motifs is 1. The molecule has 2 aromatic carbocycles. The largest absolute Gasteiger partial charge is 0.374 e. The van der Waals surface area contributed by atoms with E-state index in [1.807, 2.05) is 42.5 Å². The van der Waals surface area contributed by atoms with E-state index in [-0.39, 0.29) is 11.8 Å².